The van der Waals surface area contributed by atoms with Crippen molar-refractivity contribution in [2.45, 2.75) is 50.2 Å². The Hall–Kier alpha value is -0.650. The molecule has 2 N–H and O–H groups in total. The maximum absolute atomic E-state index is 11.9. The maximum atomic E-state index is 11.9. The molecule has 18 heavy (non-hydrogen) atoms. The van der Waals surface area contributed by atoms with Crippen LogP contribution >= 0.6 is 0 Å². The molecule has 0 aromatic carbocycles. The molecule has 104 valence electrons. The van der Waals surface area contributed by atoms with E-state index in [9.17, 15) is 4.79 Å². The van der Waals surface area contributed by atoms with Gasteiger partial charge in [-0.15, -0.1) is 0 Å². The van der Waals surface area contributed by atoms with E-state index in [2.05, 4.69) is 11.9 Å². The molecule has 0 aromatic rings. The molecule has 2 rings (SSSR count). The predicted octanol–water partition coefficient (Wildman–Crippen LogP) is 0.520. The topological polar surface area (TPSA) is 64.8 Å². The second-order valence-electron chi connectivity index (χ2n) is 5.46. The van der Waals surface area contributed by atoms with Crippen molar-refractivity contribution in [2.24, 2.45) is 5.73 Å². The zero-order valence-corrected chi connectivity index (χ0v) is 11.4. The summed E-state index contributed by atoms with van der Waals surface area (Å²) >= 11 is 0. The highest BCUT2D eigenvalue weighted by atomic mass is 16.5. The molecule has 3 atom stereocenters. The summed E-state index contributed by atoms with van der Waals surface area (Å²) in [5.74, 6) is -0.247. The van der Waals surface area contributed by atoms with E-state index in [0.717, 1.165) is 26.1 Å². The van der Waals surface area contributed by atoms with Crippen molar-refractivity contribution >= 4 is 5.97 Å². The van der Waals surface area contributed by atoms with Crippen LogP contribution < -0.4 is 5.73 Å². The summed E-state index contributed by atoms with van der Waals surface area (Å²) in [7, 11) is 2.11. The van der Waals surface area contributed by atoms with E-state index in [0.29, 0.717) is 31.5 Å². The largest absolute Gasteiger partial charge is 0.465 e. The number of rotatable bonds is 4. The summed E-state index contributed by atoms with van der Waals surface area (Å²) in [4.78, 5) is 14.2. The smallest absolute Gasteiger partial charge is 0.326 e. The van der Waals surface area contributed by atoms with Gasteiger partial charge in [0.2, 0.25) is 0 Å². The molecule has 0 bridgehead atoms. The van der Waals surface area contributed by atoms with Gasteiger partial charge < -0.3 is 15.2 Å². The molecule has 0 spiro atoms. The van der Waals surface area contributed by atoms with Crippen LogP contribution in [0.25, 0.3) is 0 Å². The summed E-state index contributed by atoms with van der Waals surface area (Å²) in [6.45, 7) is 3.85. The molecule has 1 heterocycles. The Kier molecular flexibility index (Phi) is 4.25. The average Bonchev–Trinajstić information content (AvgIpc) is 2.98. The fraction of sp³-hybridized carbons (Fsp3) is 0.923. The quantitative estimate of drug-likeness (QED) is 0.743. The minimum Gasteiger partial charge on any atom is -0.465 e. The number of nitrogens with zero attached hydrogens (tertiary/aromatic N) is 1. The monoisotopic (exact) mass is 256 g/mol. The first-order valence-corrected chi connectivity index (χ1v) is 6.82. The molecule has 1 aliphatic carbocycles. The number of hydrogen-bond acceptors (Lipinski definition) is 5. The lowest BCUT2D eigenvalue weighted by Gasteiger charge is -2.30. The van der Waals surface area contributed by atoms with Gasteiger partial charge in [0.1, 0.15) is 5.54 Å². The molecule has 2 aliphatic rings. The highest BCUT2D eigenvalue weighted by molar-refractivity contribution is 5.81. The molecule has 5 nitrogen and oxygen atoms in total. The van der Waals surface area contributed by atoms with Crippen LogP contribution in [-0.4, -0.2) is 55.4 Å². The number of carbonyl (C=O) groups is 1. The first kappa shape index (κ1) is 13.8. The van der Waals surface area contributed by atoms with Gasteiger partial charge in [-0.25, -0.2) is 0 Å². The highest BCUT2D eigenvalue weighted by Crippen LogP contribution is 2.33. The lowest BCUT2D eigenvalue weighted by molar-refractivity contribution is -0.149. The van der Waals surface area contributed by atoms with Gasteiger partial charge in [-0.2, -0.15) is 0 Å². The molecule has 0 amide bonds. The van der Waals surface area contributed by atoms with Gasteiger partial charge in [-0.05, 0) is 39.7 Å². The van der Waals surface area contributed by atoms with Crippen molar-refractivity contribution in [3.8, 4) is 0 Å². The third-order valence-corrected chi connectivity index (χ3v) is 4.26. The summed E-state index contributed by atoms with van der Waals surface area (Å²) in [5.41, 5.74) is 5.40. The van der Waals surface area contributed by atoms with Crippen molar-refractivity contribution < 1.29 is 14.3 Å². The van der Waals surface area contributed by atoms with E-state index in [1.54, 1.807) is 0 Å². The average molecular weight is 256 g/mol. The van der Waals surface area contributed by atoms with Gasteiger partial charge in [0.05, 0.1) is 13.2 Å². The van der Waals surface area contributed by atoms with E-state index in [-0.39, 0.29) is 5.97 Å². The van der Waals surface area contributed by atoms with E-state index >= 15 is 0 Å². The predicted molar refractivity (Wildman–Crippen MR) is 68.2 cm³/mol. The van der Waals surface area contributed by atoms with E-state index in [1.165, 1.54) is 0 Å². The van der Waals surface area contributed by atoms with Crippen LogP contribution in [0.5, 0.6) is 0 Å². The molecular weight excluding hydrogens is 232 g/mol. The van der Waals surface area contributed by atoms with Crippen molar-refractivity contribution in [3.05, 3.63) is 0 Å². The van der Waals surface area contributed by atoms with Crippen molar-refractivity contribution in [3.63, 3.8) is 0 Å². The summed E-state index contributed by atoms with van der Waals surface area (Å²) < 4.78 is 10.5. The number of ether oxygens (including phenoxy) is 2. The molecule has 1 saturated carbocycles. The van der Waals surface area contributed by atoms with Crippen LogP contribution in [0.15, 0.2) is 0 Å². The van der Waals surface area contributed by atoms with Crippen LogP contribution in [-0.2, 0) is 14.3 Å². The third-order valence-electron chi connectivity index (χ3n) is 4.26. The molecule has 5 heteroatoms. The van der Waals surface area contributed by atoms with Crippen LogP contribution in [0.4, 0.5) is 0 Å². The molecular formula is C13H24N2O3. The summed E-state index contributed by atoms with van der Waals surface area (Å²) in [6, 6.07) is 0.839. The minimum atomic E-state index is -0.783. The van der Waals surface area contributed by atoms with Crippen LogP contribution in [0.1, 0.15) is 32.6 Å². The normalized spacial score (nSPS) is 36.2. The maximum Gasteiger partial charge on any atom is 0.326 e. The fourth-order valence-electron chi connectivity index (χ4n) is 3.00. The zero-order valence-electron chi connectivity index (χ0n) is 11.4. The summed E-state index contributed by atoms with van der Waals surface area (Å²) in [6.07, 6.45) is 3.44. The lowest BCUT2D eigenvalue weighted by Crippen LogP contribution is -2.49. The SMILES string of the molecule is CCOC(=O)C1(N)CCC(N(C)C2CCOC2)C1. The Morgan fingerprint density at radius 1 is 1.50 bits per heavy atom. The Morgan fingerprint density at radius 2 is 2.28 bits per heavy atom. The minimum absolute atomic E-state index is 0.247. The second kappa shape index (κ2) is 5.55. The number of hydrogen-bond donors (Lipinski definition) is 1. The molecule has 3 unspecified atom stereocenters. The van der Waals surface area contributed by atoms with Crippen LogP contribution in [0.2, 0.25) is 0 Å². The third kappa shape index (κ3) is 2.68. The van der Waals surface area contributed by atoms with Crippen LogP contribution in [0, 0.1) is 0 Å². The van der Waals surface area contributed by atoms with Gasteiger partial charge in [-0.1, -0.05) is 0 Å². The highest BCUT2D eigenvalue weighted by Gasteiger charge is 2.45. The Bertz CT molecular complexity index is 305. The molecule has 1 aliphatic heterocycles. The van der Waals surface area contributed by atoms with Gasteiger partial charge in [0, 0.05) is 18.7 Å². The van der Waals surface area contributed by atoms with Crippen LogP contribution in [0.3, 0.4) is 0 Å². The van der Waals surface area contributed by atoms with Crippen molar-refractivity contribution in [1.82, 2.24) is 4.90 Å². The van der Waals surface area contributed by atoms with E-state index < -0.39 is 5.54 Å². The Morgan fingerprint density at radius 3 is 2.89 bits per heavy atom. The van der Waals surface area contributed by atoms with Crippen molar-refractivity contribution in [2.75, 3.05) is 26.9 Å². The van der Waals surface area contributed by atoms with Gasteiger partial charge in [0.25, 0.3) is 0 Å². The number of likely N-dealkylation sites (N-methyl/N-ethyl adjacent to an activating group) is 1. The fourth-order valence-corrected chi connectivity index (χ4v) is 3.00. The van der Waals surface area contributed by atoms with E-state index in [4.69, 9.17) is 15.2 Å². The lowest BCUT2D eigenvalue weighted by atomic mass is 9.99. The first-order valence-electron chi connectivity index (χ1n) is 6.82. The molecule has 1 saturated heterocycles. The standard InChI is InChI=1S/C13H24N2O3/c1-3-18-12(16)13(14)6-4-10(8-13)15(2)11-5-7-17-9-11/h10-11H,3-9,14H2,1-2H3. The number of esters is 1. The van der Waals surface area contributed by atoms with Gasteiger partial charge >= 0.3 is 5.97 Å². The van der Waals surface area contributed by atoms with Gasteiger partial charge in [-0.3, -0.25) is 9.69 Å². The second-order valence-corrected chi connectivity index (χ2v) is 5.46. The Balaban J connectivity index is 1.92. The number of carbonyl (C=O) groups excluding carboxylic acids is 1. The Labute approximate surface area is 109 Å². The van der Waals surface area contributed by atoms with Crippen molar-refractivity contribution in [1.29, 1.82) is 0 Å². The molecule has 0 radical (unpaired) electrons. The molecule has 2 fully saturated rings. The van der Waals surface area contributed by atoms with E-state index in [1.807, 2.05) is 6.92 Å². The summed E-state index contributed by atoms with van der Waals surface area (Å²) in [5, 5.41) is 0. The van der Waals surface area contributed by atoms with Gasteiger partial charge in [0.15, 0.2) is 0 Å². The first-order chi connectivity index (χ1) is 8.57. The number of nitrogens with two attached hydrogens (primary N) is 1. The molecule has 0 aromatic heterocycles. The zero-order chi connectivity index (χ0) is 13.2.